The average Bonchev–Trinajstić information content (AvgIpc) is 2.71. The van der Waals surface area contributed by atoms with Gasteiger partial charge in [-0.25, -0.2) is 4.39 Å². The Morgan fingerprint density at radius 1 is 1.58 bits per heavy atom. The van der Waals surface area contributed by atoms with Gasteiger partial charge in [0.1, 0.15) is 17.8 Å². The van der Waals surface area contributed by atoms with Crippen molar-refractivity contribution >= 4 is 11.5 Å². The highest BCUT2D eigenvalue weighted by molar-refractivity contribution is 5.83. The maximum atomic E-state index is 13.9. The Labute approximate surface area is 108 Å². The number of benzene rings is 1. The molecule has 1 aliphatic heterocycles. The lowest BCUT2D eigenvalue weighted by Crippen LogP contribution is -2.36. The zero-order chi connectivity index (χ0) is 14.2. The fourth-order valence-electron chi connectivity index (χ4n) is 2.41. The monoisotopic (exact) mass is 268 g/mol. The summed E-state index contributed by atoms with van der Waals surface area (Å²) in [5, 5.41) is 22.7. The minimum absolute atomic E-state index is 0.193. The number of halogens is 1. The number of nitro groups is 1. The van der Waals surface area contributed by atoms with Gasteiger partial charge in [0.2, 0.25) is 0 Å². The van der Waals surface area contributed by atoms with Gasteiger partial charge in [0.25, 0.3) is 5.69 Å². The minimum atomic E-state index is -0.881. The van der Waals surface area contributed by atoms with Crippen LogP contribution in [-0.2, 0) is 4.79 Å². The van der Waals surface area contributed by atoms with E-state index in [4.69, 9.17) is 0 Å². The number of nitro benzene ring substituents is 1. The number of Topliss-reactive ketones (excluding diaryl/α,β-unsaturated/α-hetero) is 1. The van der Waals surface area contributed by atoms with Gasteiger partial charge in [-0.15, -0.1) is 0 Å². The van der Waals surface area contributed by atoms with Crippen LogP contribution < -0.4 is 5.32 Å². The van der Waals surface area contributed by atoms with Crippen molar-refractivity contribution in [3.63, 3.8) is 0 Å². The molecule has 1 aromatic carbocycles. The van der Waals surface area contributed by atoms with Crippen molar-refractivity contribution in [2.24, 2.45) is 0 Å². The third kappa shape index (κ3) is 2.61. The fourth-order valence-corrected chi connectivity index (χ4v) is 2.41. The molecule has 2 rings (SSSR count). The lowest BCUT2D eigenvalue weighted by Gasteiger charge is -2.17. The molecule has 1 aliphatic rings. The number of hydrogen-bond donors (Lipinski definition) is 2. The van der Waals surface area contributed by atoms with E-state index in [1.807, 2.05) is 0 Å². The summed E-state index contributed by atoms with van der Waals surface area (Å²) in [4.78, 5) is 21.3. The van der Waals surface area contributed by atoms with E-state index >= 15 is 0 Å². The van der Waals surface area contributed by atoms with Gasteiger partial charge in [-0.1, -0.05) is 0 Å². The molecule has 0 radical (unpaired) electrons. The van der Waals surface area contributed by atoms with Crippen LogP contribution in [0, 0.1) is 15.9 Å². The molecule has 0 aliphatic carbocycles. The molecule has 2 N–H and O–H groups in total. The van der Waals surface area contributed by atoms with E-state index in [1.165, 1.54) is 19.1 Å². The Morgan fingerprint density at radius 2 is 2.26 bits per heavy atom. The second-order valence-electron chi connectivity index (χ2n) is 4.58. The van der Waals surface area contributed by atoms with Crippen LogP contribution in [0.5, 0.6) is 0 Å². The summed E-state index contributed by atoms with van der Waals surface area (Å²) in [7, 11) is 0. The molecule has 19 heavy (non-hydrogen) atoms. The van der Waals surface area contributed by atoms with Crippen LogP contribution in [0.1, 0.15) is 24.8 Å². The number of carbonyl (C=O) groups is 1. The third-order valence-electron chi connectivity index (χ3n) is 3.28. The van der Waals surface area contributed by atoms with Crippen LogP contribution in [0.15, 0.2) is 18.2 Å². The van der Waals surface area contributed by atoms with Crippen LogP contribution >= 0.6 is 0 Å². The van der Waals surface area contributed by atoms with Crippen LogP contribution in [0.2, 0.25) is 0 Å². The minimum Gasteiger partial charge on any atom is -0.379 e. The van der Waals surface area contributed by atoms with Crippen LogP contribution in [-0.4, -0.2) is 28.1 Å². The lowest BCUT2D eigenvalue weighted by atomic mass is 9.89. The van der Waals surface area contributed by atoms with Crippen molar-refractivity contribution in [2.75, 3.05) is 0 Å². The van der Waals surface area contributed by atoms with Gasteiger partial charge in [0.05, 0.1) is 17.0 Å². The second-order valence-corrected chi connectivity index (χ2v) is 4.58. The number of hydrogen-bond acceptors (Lipinski definition) is 5. The Bertz CT molecular complexity index is 534. The average molecular weight is 268 g/mol. The largest absolute Gasteiger partial charge is 0.379 e. The number of carbonyl (C=O) groups excluding carboxylic acids is 1. The number of aliphatic hydroxyl groups is 1. The summed E-state index contributed by atoms with van der Waals surface area (Å²) < 4.78 is 13.9. The molecule has 1 heterocycles. The number of nitrogens with one attached hydrogen (secondary N) is 1. The van der Waals surface area contributed by atoms with Gasteiger partial charge >= 0.3 is 0 Å². The molecule has 3 atom stereocenters. The maximum absolute atomic E-state index is 13.9. The van der Waals surface area contributed by atoms with Crippen LogP contribution in [0.4, 0.5) is 10.1 Å². The molecule has 0 saturated carbocycles. The van der Waals surface area contributed by atoms with E-state index in [-0.39, 0.29) is 23.5 Å². The Kier molecular flexibility index (Phi) is 3.59. The molecule has 1 aromatic rings. The SMILES string of the molecule is CC(=O)C1NC(O)CC1c1ccc([N+](=O)[O-])cc1F. The van der Waals surface area contributed by atoms with Crippen molar-refractivity contribution in [1.29, 1.82) is 0 Å². The Balaban J connectivity index is 2.36. The number of non-ortho nitro benzene ring substituents is 1. The molecule has 1 saturated heterocycles. The maximum Gasteiger partial charge on any atom is 0.272 e. The van der Waals surface area contributed by atoms with E-state index < -0.39 is 28.9 Å². The van der Waals surface area contributed by atoms with Crippen molar-refractivity contribution < 1.29 is 19.2 Å². The standard InChI is InChI=1S/C12H13FN2O4/c1-6(16)12-9(5-11(17)14-12)8-3-2-7(15(18)19)4-10(8)13/h2-4,9,11-12,14,17H,5H2,1H3. The normalized spacial score (nSPS) is 26.4. The zero-order valence-electron chi connectivity index (χ0n) is 10.2. The summed E-state index contributed by atoms with van der Waals surface area (Å²) in [6.45, 7) is 1.35. The number of rotatable bonds is 3. The van der Waals surface area contributed by atoms with Gasteiger partial charge in [0.15, 0.2) is 0 Å². The third-order valence-corrected chi connectivity index (χ3v) is 3.28. The topological polar surface area (TPSA) is 92.5 Å². The Morgan fingerprint density at radius 3 is 2.79 bits per heavy atom. The highest BCUT2D eigenvalue weighted by atomic mass is 19.1. The van der Waals surface area contributed by atoms with Gasteiger partial charge in [-0.3, -0.25) is 20.2 Å². The van der Waals surface area contributed by atoms with E-state index in [0.29, 0.717) is 0 Å². The highest BCUT2D eigenvalue weighted by Crippen LogP contribution is 2.33. The summed E-state index contributed by atoms with van der Waals surface area (Å²) in [6, 6.07) is 2.65. The van der Waals surface area contributed by atoms with E-state index in [9.17, 15) is 24.4 Å². The molecule has 102 valence electrons. The molecular formula is C12H13FN2O4. The fraction of sp³-hybridized carbons (Fsp3) is 0.417. The molecule has 6 nitrogen and oxygen atoms in total. The van der Waals surface area contributed by atoms with E-state index in [2.05, 4.69) is 5.32 Å². The van der Waals surface area contributed by atoms with E-state index in [0.717, 1.165) is 6.07 Å². The molecule has 7 heteroatoms. The molecule has 0 amide bonds. The molecule has 3 unspecified atom stereocenters. The quantitative estimate of drug-likeness (QED) is 0.632. The van der Waals surface area contributed by atoms with Crippen LogP contribution in [0.3, 0.4) is 0 Å². The Hall–Kier alpha value is -1.86. The lowest BCUT2D eigenvalue weighted by molar-refractivity contribution is -0.385. The smallest absolute Gasteiger partial charge is 0.272 e. The van der Waals surface area contributed by atoms with Crippen molar-refractivity contribution in [1.82, 2.24) is 5.32 Å². The number of aliphatic hydroxyl groups excluding tert-OH is 1. The second kappa shape index (κ2) is 5.02. The van der Waals surface area contributed by atoms with Crippen LogP contribution in [0.25, 0.3) is 0 Å². The van der Waals surface area contributed by atoms with Crippen molar-refractivity contribution in [3.8, 4) is 0 Å². The van der Waals surface area contributed by atoms with Gasteiger partial charge < -0.3 is 5.11 Å². The zero-order valence-corrected chi connectivity index (χ0v) is 10.2. The van der Waals surface area contributed by atoms with E-state index in [1.54, 1.807) is 0 Å². The van der Waals surface area contributed by atoms with Gasteiger partial charge in [-0.05, 0) is 25.0 Å². The first kappa shape index (κ1) is 13.6. The van der Waals surface area contributed by atoms with Crippen molar-refractivity contribution in [3.05, 3.63) is 39.7 Å². The molecule has 0 bridgehead atoms. The van der Waals surface area contributed by atoms with Gasteiger partial charge in [-0.2, -0.15) is 0 Å². The van der Waals surface area contributed by atoms with Gasteiger partial charge in [0, 0.05) is 12.0 Å². The molecule has 0 spiro atoms. The number of nitrogens with zero attached hydrogens (tertiary/aromatic N) is 1. The highest BCUT2D eigenvalue weighted by Gasteiger charge is 2.38. The summed E-state index contributed by atoms with van der Waals surface area (Å²) >= 11 is 0. The first-order valence-corrected chi connectivity index (χ1v) is 5.78. The number of ketones is 1. The predicted octanol–water partition coefficient (Wildman–Crippen LogP) is 1.09. The molecule has 0 aromatic heterocycles. The first-order chi connectivity index (χ1) is 8.90. The molecule has 1 fully saturated rings. The summed E-state index contributed by atoms with van der Waals surface area (Å²) in [5.41, 5.74) is -0.137. The molecular weight excluding hydrogens is 255 g/mol. The van der Waals surface area contributed by atoms with Crippen molar-refractivity contribution in [2.45, 2.75) is 31.5 Å². The predicted molar refractivity (Wildman–Crippen MR) is 64.0 cm³/mol. The first-order valence-electron chi connectivity index (χ1n) is 5.78. The summed E-state index contributed by atoms with van der Waals surface area (Å²) in [6.07, 6.45) is -0.688. The summed E-state index contributed by atoms with van der Waals surface area (Å²) in [5.74, 6) is -1.46.